The van der Waals surface area contributed by atoms with Crippen LogP contribution in [0.5, 0.6) is 0 Å². The Balaban J connectivity index is 1.24. The topological polar surface area (TPSA) is 6.48 Å². The molecule has 0 atom stereocenters. The van der Waals surface area contributed by atoms with Gasteiger partial charge in [0.1, 0.15) is 0 Å². The van der Waals surface area contributed by atoms with Crippen molar-refractivity contribution in [3.05, 3.63) is 208 Å². The Labute approximate surface area is 469 Å². The van der Waals surface area contributed by atoms with Gasteiger partial charge in [-0.25, -0.2) is 0 Å². The maximum absolute atomic E-state index is 2.74. The molecule has 0 bridgehead atoms. The highest BCUT2D eigenvalue weighted by molar-refractivity contribution is 7.00. The minimum Gasteiger partial charge on any atom is -0.311 e. The Bertz CT molecular complexity index is 3690. The Morgan fingerprint density at radius 1 is 0.346 bits per heavy atom. The molecule has 0 saturated carbocycles. The number of benzene rings is 8. The van der Waals surface area contributed by atoms with Crippen molar-refractivity contribution in [2.45, 2.75) is 174 Å². The van der Waals surface area contributed by atoms with Crippen LogP contribution in [0.25, 0.3) is 22.3 Å². The molecule has 8 aromatic rings. The largest absolute Gasteiger partial charge is 0.311 e. The lowest BCUT2D eigenvalue weighted by Gasteiger charge is -2.48. The van der Waals surface area contributed by atoms with Crippen molar-refractivity contribution in [3.63, 3.8) is 0 Å². The molecule has 12 rings (SSSR count). The van der Waals surface area contributed by atoms with Crippen molar-refractivity contribution in [1.29, 1.82) is 0 Å². The molecule has 396 valence electrons. The Hall–Kier alpha value is -6.58. The molecule has 0 amide bonds. The van der Waals surface area contributed by atoms with E-state index >= 15 is 0 Å². The molecule has 0 saturated heterocycles. The third-order valence-corrected chi connectivity index (χ3v) is 19.6. The van der Waals surface area contributed by atoms with E-state index in [2.05, 4.69) is 284 Å². The summed E-state index contributed by atoms with van der Waals surface area (Å²) in [6, 6.07) is 64.4. The van der Waals surface area contributed by atoms with E-state index in [4.69, 9.17) is 0 Å². The average molecular weight is 1020 g/mol. The molecular weight excluding hydrogens is 940 g/mol. The van der Waals surface area contributed by atoms with Gasteiger partial charge in [0.05, 0.1) is 5.69 Å². The van der Waals surface area contributed by atoms with Crippen LogP contribution in [0.3, 0.4) is 0 Å². The number of fused-ring (bicyclic) bond motifs is 6. The molecule has 0 fully saturated rings. The van der Waals surface area contributed by atoms with Gasteiger partial charge in [-0.15, -0.1) is 0 Å². The molecule has 2 nitrogen and oxygen atoms in total. The number of anilines is 6. The van der Waals surface area contributed by atoms with Gasteiger partial charge < -0.3 is 9.80 Å². The number of hydrogen-bond acceptors (Lipinski definition) is 2. The molecule has 0 radical (unpaired) electrons. The van der Waals surface area contributed by atoms with E-state index in [0.717, 1.165) is 19.3 Å². The zero-order valence-electron chi connectivity index (χ0n) is 49.9. The molecule has 2 aliphatic heterocycles. The molecule has 0 unspecified atom stereocenters. The number of nitrogens with zero attached hydrogens (tertiary/aromatic N) is 2. The van der Waals surface area contributed by atoms with E-state index < -0.39 is 0 Å². The lowest BCUT2D eigenvalue weighted by atomic mass is 9.32. The molecule has 78 heavy (non-hydrogen) atoms. The van der Waals surface area contributed by atoms with E-state index in [1.54, 1.807) is 0 Å². The molecule has 8 aromatic carbocycles. The van der Waals surface area contributed by atoms with Gasteiger partial charge in [-0.2, -0.15) is 0 Å². The summed E-state index contributed by atoms with van der Waals surface area (Å²) in [5, 5.41) is 0. The second kappa shape index (κ2) is 17.7. The van der Waals surface area contributed by atoms with Crippen molar-refractivity contribution in [1.82, 2.24) is 0 Å². The fourth-order valence-corrected chi connectivity index (χ4v) is 14.2. The first-order valence-electron chi connectivity index (χ1n) is 29.3. The summed E-state index contributed by atoms with van der Waals surface area (Å²) in [4.78, 5) is 5.45. The first-order valence-corrected chi connectivity index (χ1v) is 29.3. The molecule has 0 N–H and O–H groups in total. The summed E-state index contributed by atoms with van der Waals surface area (Å²) in [7, 11) is 0. The van der Waals surface area contributed by atoms with Gasteiger partial charge in [0, 0.05) is 39.4 Å². The van der Waals surface area contributed by atoms with E-state index in [1.807, 2.05) is 0 Å². The second-order valence-corrected chi connectivity index (χ2v) is 29.2. The van der Waals surface area contributed by atoms with Crippen LogP contribution in [-0.4, -0.2) is 6.71 Å². The van der Waals surface area contributed by atoms with Gasteiger partial charge in [-0.05, 0) is 184 Å². The standard InChI is InChI=1S/C75H83BN2/c1-69(2,3)50-31-35-63(56(41-50)55-30-24-23-29-54(55)48-25-19-17-20-26-48)78-64-36-32-51(75(15,16)49-27-21-18-22-28-49)42-61(64)76-62-46-59-60(74(13,14)40-39-73(59,11)12)47-65(62)77(66-43-52(70(4,5)6)44-67(78)68(66)76)53-33-34-57-58(45-53)72(9,10)38-37-71(57,7)8/h17-36,41-47H,37-40H2,1-16H3. The fourth-order valence-electron chi connectivity index (χ4n) is 14.2. The van der Waals surface area contributed by atoms with Crippen molar-refractivity contribution in [3.8, 4) is 22.3 Å². The first-order chi connectivity index (χ1) is 36.7. The predicted molar refractivity (Wildman–Crippen MR) is 338 cm³/mol. The molecule has 0 aromatic heterocycles. The van der Waals surface area contributed by atoms with Crippen molar-refractivity contribution in [2.24, 2.45) is 0 Å². The fraction of sp³-hybridized carbons (Fsp3) is 0.360. The summed E-state index contributed by atoms with van der Waals surface area (Å²) < 4.78 is 0. The molecule has 0 spiro atoms. The summed E-state index contributed by atoms with van der Waals surface area (Å²) in [6.45, 7) is 39.0. The first kappa shape index (κ1) is 52.1. The highest BCUT2D eigenvalue weighted by Crippen LogP contribution is 2.55. The number of hydrogen-bond donors (Lipinski definition) is 0. The summed E-state index contributed by atoms with van der Waals surface area (Å²) in [5.41, 5.74) is 27.6. The third kappa shape index (κ3) is 8.34. The van der Waals surface area contributed by atoms with Gasteiger partial charge in [0.15, 0.2) is 0 Å². The van der Waals surface area contributed by atoms with Crippen LogP contribution in [0, 0.1) is 0 Å². The van der Waals surface area contributed by atoms with Crippen LogP contribution in [0.2, 0.25) is 0 Å². The van der Waals surface area contributed by atoms with Crippen LogP contribution in [0.1, 0.15) is 181 Å². The summed E-state index contributed by atoms with van der Waals surface area (Å²) in [5.74, 6) is 0. The molecule has 2 heterocycles. The van der Waals surface area contributed by atoms with Crippen LogP contribution < -0.4 is 26.2 Å². The zero-order chi connectivity index (χ0) is 55.3. The summed E-state index contributed by atoms with van der Waals surface area (Å²) >= 11 is 0. The van der Waals surface area contributed by atoms with E-state index in [0.29, 0.717) is 0 Å². The maximum Gasteiger partial charge on any atom is 0.252 e. The minimum atomic E-state index is -0.260. The Morgan fingerprint density at radius 3 is 1.46 bits per heavy atom. The monoisotopic (exact) mass is 1020 g/mol. The van der Waals surface area contributed by atoms with Gasteiger partial charge in [-0.3, -0.25) is 0 Å². The van der Waals surface area contributed by atoms with Crippen LogP contribution in [0.4, 0.5) is 34.1 Å². The molecular formula is C75H83BN2. The highest BCUT2D eigenvalue weighted by Gasteiger charge is 2.48. The summed E-state index contributed by atoms with van der Waals surface area (Å²) in [6.07, 6.45) is 4.67. The minimum absolute atomic E-state index is 0.0157. The van der Waals surface area contributed by atoms with Crippen molar-refractivity contribution >= 4 is 57.2 Å². The quantitative estimate of drug-likeness (QED) is 0.153. The van der Waals surface area contributed by atoms with Crippen LogP contribution in [-0.2, 0) is 37.9 Å². The van der Waals surface area contributed by atoms with Gasteiger partial charge >= 0.3 is 0 Å². The lowest BCUT2D eigenvalue weighted by molar-refractivity contribution is 0.332. The average Bonchev–Trinajstić information content (AvgIpc) is 2.25. The SMILES string of the molecule is CC(C)(C)c1ccc(N2c3ccc(C(C)(C)c4ccccc4)cc3B3c4cc5c(cc4N(c4ccc6c(c4)C(C)(C)CCC6(C)C)c4cc(C(C)(C)C)cc2c43)C(C)(C)CCC5(C)C)c(-c2ccccc2-c2ccccc2)c1. The van der Waals surface area contributed by atoms with Gasteiger partial charge in [0.25, 0.3) is 6.71 Å². The Morgan fingerprint density at radius 2 is 0.846 bits per heavy atom. The van der Waals surface area contributed by atoms with Gasteiger partial charge in [0.2, 0.25) is 0 Å². The third-order valence-electron chi connectivity index (χ3n) is 19.6. The molecule has 4 aliphatic rings. The lowest BCUT2D eigenvalue weighted by Crippen LogP contribution is -2.62. The number of rotatable bonds is 6. The molecule has 2 aliphatic carbocycles. The smallest absolute Gasteiger partial charge is 0.252 e. The maximum atomic E-state index is 2.74. The van der Waals surface area contributed by atoms with Crippen molar-refractivity contribution < 1.29 is 0 Å². The van der Waals surface area contributed by atoms with Gasteiger partial charge in [-0.1, -0.05) is 226 Å². The molecule has 3 heteroatoms. The highest BCUT2D eigenvalue weighted by atomic mass is 15.2. The van der Waals surface area contributed by atoms with Crippen LogP contribution >= 0.6 is 0 Å². The normalized spacial score (nSPS) is 17.6. The van der Waals surface area contributed by atoms with E-state index in [9.17, 15) is 0 Å². The van der Waals surface area contributed by atoms with E-state index in [1.165, 1.54) is 124 Å². The van der Waals surface area contributed by atoms with Crippen LogP contribution in [0.15, 0.2) is 164 Å². The zero-order valence-corrected chi connectivity index (χ0v) is 49.9. The van der Waals surface area contributed by atoms with Crippen molar-refractivity contribution in [2.75, 3.05) is 9.80 Å². The second-order valence-electron chi connectivity index (χ2n) is 29.2. The van der Waals surface area contributed by atoms with E-state index in [-0.39, 0.29) is 44.6 Å². The predicted octanol–water partition coefficient (Wildman–Crippen LogP) is 18.7. The Kier molecular flexibility index (Phi) is 11.8.